The SMILES string of the molecule is [Cl][Ru]([CH]1C=CC=C1)[CH]1CCCC1. The Labute approximate surface area is 83.6 Å². The molecular weight excluding hydrogens is 257 g/mol. The van der Waals surface area contributed by atoms with Gasteiger partial charge in [-0.05, 0) is 0 Å². The molecule has 1 saturated carbocycles. The van der Waals surface area contributed by atoms with Crippen molar-refractivity contribution in [3.05, 3.63) is 24.3 Å². The topological polar surface area (TPSA) is 0 Å². The third-order valence-corrected chi connectivity index (χ3v) is 8.94. The van der Waals surface area contributed by atoms with E-state index in [4.69, 9.17) is 9.69 Å². The molecule has 0 aromatic carbocycles. The van der Waals surface area contributed by atoms with Crippen LogP contribution in [-0.2, 0) is 15.0 Å². The van der Waals surface area contributed by atoms with Crippen LogP contribution in [0.4, 0.5) is 0 Å². The number of hydrogen-bond donors (Lipinski definition) is 0. The van der Waals surface area contributed by atoms with Crippen molar-refractivity contribution in [2.24, 2.45) is 0 Å². The van der Waals surface area contributed by atoms with Gasteiger partial charge in [-0.1, -0.05) is 0 Å². The van der Waals surface area contributed by atoms with Gasteiger partial charge in [0.05, 0.1) is 0 Å². The van der Waals surface area contributed by atoms with Gasteiger partial charge in [-0.25, -0.2) is 0 Å². The number of allylic oxidation sites excluding steroid dienone is 4. The Bertz CT molecular complexity index is 192. The first-order valence-corrected chi connectivity index (χ1v) is 8.77. The predicted molar refractivity (Wildman–Crippen MR) is 50.1 cm³/mol. The van der Waals surface area contributed by atoms with Gasteiger partial charge >= 0.3 is 83.7 Å². The Morgan fingerprint density at radius 2 is 1.67 bits per heavy atom. The molecule has 0 bridgehead atoms. The second-order valence-electron chi connectivity index (χ2n) is 3.33. The Morgan fingerprint density at radius 1 is 1.08 bits per heavy atom. The van der Waals surface area contributed by atoms with Gasteiger partial charge in [0.2, 0.25) is 0 Å². The molecule has 2 aliphatic carbocycles. The summed E-state index contributed by atoms with van der Waals surface area (Å²) < 4.78 is 1.56. The third kappa shape index (κ3) is 1.83. The van der Waals surface area contributed by atoms with Crippen LogP contribution in [0.25, 0.3) is 0 Å². The summed E-state index contributed by atoms with van der Waals surface area (Å²) in [6, 6.07) is 0. The third-order valence-electron chi connectivity index (χ3n) is 2.46. The summed E-state index contributed by atoms with van der Waals surface area (Å²) in [6.45, 7) is 0. The minimum atomic E-state index is -1.05. The van der Waals surface area contributed by atoms with Crippen LogP contribution < -0.4 is 0 Å². The van der Waals surface area contributed by atoms with Gasteiger partial charge in [0.15, 0.2) is 0 Å². The van der Waals surface area contributed by atoms with E-state index >= 15 is 0 Å². The molecule has 2 heteroatoms. The second kappa shape index (κ2) is 4.07. The summed E-state index contributed by atoms with van der Waals surface area (Å²) in [5.74, 6) is 0. The molecule has 0 atom stereocenters. The Kier molecular flexibility index (Phi) is 3.04. The molecule has 2 aliphatic rings. The van der Waals surface area contributed by atoms with Crippen LogP contribution in [0, 0.1) is 0 Å². The molecule has 0 aromatic heterocycles. The van der Waals surface area contributed by atoms with Gasteiger partial charge in [0.25, 0.3) is 0 Å². The zero-order valence-corrected chi connectivity index (χ0v) is 9.52. The summed E-state index contributed by atoms with van der Waals surface area (Å²) in [5.41, 5.74) is 0. The molecule has 1 fully saturated rings. The summed E-state index contributed by atoms with van der Waals surface area (Å²) in [5, 5.41) is 0. The molecule has 69 valence electrons. The van der Waals surface area contributed by atoms with E-state index in [9.17, 15) is 0 Å². The van der Waals surface area contributed by atoms with E-state index in [1.54, 1.807) is 0 Å². The Hall–Kier alpha value is 0.393. The van der Waals surface area contributed by atoms with Gasteiger partial charge in [0, 0.05) is 0 Å². The molecule has 0 aliphatic heterocycles. The van der Waals surface area contributed by atoms with Crippen LogP contribution in [-0.4, -0.2) is 0 Å². The fraction of sp³-hybridized carbons (Fsp3) is 0.600. The maximum atomic E-state index is 6.53. The Balaban J connectivity index is 1.94. The summed E-state index contributed by atoms with van der Waals surface area (Å²) in [6.07, 6.45) is 14.5. The van der Waals surface area contributed by atoms with Crippen LogP contribution in [0.5, 0.6) is 0 Å². The average Bonchev–Trinajstić information content (AvgIpc) is 2.77. The van der Waals surface area contributed by atoms with Gasteiger partial charge in [-0.3, -0.25) is 0 Å². The summed E-state index contributed by atoms with van der Waals surface area (Å²) in [7, 11) is 6.53. The van der Waals surface area contributed by atoms with Crippen LogP contribution in [0.2, 0.25) is 9.02 Å². The fourth-order valence-electron chi connectivity index (χ4n) is 1.78. The zero-order valence-electron chi connectivity index (χ0n) is 7.02. The first-order valence-electron chi connectivity index (χ1n) is 4.53. The van der Waals surface area contributed by atoms with E-state index < -0.39 is 15.0 Å². The van der Waals surface area contributed by atoms with Crippen LogP contribution in [0.3, 0.4) is 0 Å². The second-order valence-corrected chi connectivity index (χ2v) is 9.07. The Morgan fingerprint density at radius 3 is 2.25 bits per heavy atom. The average molecular weight is 271 g/mol. The summed E-state index contributed by atoms with van der Waals surface area (Å²) >= 11 is -1.05. The molecule has 0 saturated heterocycles. The van der Waals surface area contributed by atoms with E-state index in [-0.39, 0.29) is 0 Å². The van der Waals surface area contributed by atoms with Crippen molar-refractivity contribution in [3.63, 3.8) is 0 Å². The normalized spacial score (nSPS) is 25.6. The molecule has 2 rings (SSSR count). The van der Waals surface area contributed by atoms with Crippen molar-refractivity contribution in [3.8, 4) is 0 Å². The molecule has 0 spiro atoms. The van der Waals surface area contributed by atoms with Crippen molar-refractivity contribution >= 4 is 9.69 Å². The van der Waals surface area contributed by atoms with Crippen molar-refractivity contribution in [2.45, 2.75) is 34.7 Å². The van der Waals surface area contributed by atoms with Gasteiger partial charge in [-0.2, -0.15) is 0 Å². The minimum absolute atomic E-state index is 0.652. The molecule has 0 nitrogen and oxygen atoms in total. The standard InChI is InChI=1S/C5H9.C5H5.ClH.Ru/c2*1-2-4-5-3-1;;/h1H,2-5H2;1-5H;1H;/q;;;+1/p-1. The number of rotatable bonds is 2. The van der Waals surface area contributed by atoms with E-state index in [2.05, 4.69) is 24.3 Å². The van der Waals surface area contributed by atoms with Gasteiger partial charge in [0.1, 0.15) is 0 Å². The molecule has 12 heavy (non-hydrogen) atoms. The van der Waals surface area contributed by atoms with Crippen molar-refractivity contribution in [1.82, 2.24) is 0 Å². The molecular formula is C10H14ClRu. The van der Waals surface area contributed by atoms with Gasteiger partial charge in [-0.15, -0.1) is 0 Å². The first-order chi connectivity index (χ1) is 5.88. The monoisotopic (exact) mass is 271 g/mol. The molecule has 0 aromatic rings. The molecule has 0 unspecified atom stereocenters. The van der Waals surface area contributed by atoms with Crippen molar-refractivity contribution < 1.29 is 15.0 Å². The maximum absolute atomic E-state index is 6.53. The van der Waals surface area contributed by atoms with Crippen LogP contribution in [0.1, 0.15) is 25.7 Å². The molecule has 0 amide bonds. The zero-order chi connectivity index (χ0) is 8.39. The van der Waals surface area contributed by atoms with Crippen LogP contribution >= 0.6 is 9.69 Å². The van der Waals surface area contributed by atoms with E-state index in [0.717, 1.165) is 4.51 Å². The molecule has 0 radical (unpaired) electrons. The van der Waals surface area contributed by atoms with Crippen molar-refractivity contribution in [2.75, 3.05) is 0 Å². The predicted octanol–water partition coefficient (Wildman–Crippen LogP) is 4.04. The number of hydrogen-bond acceptors (Lipinski definition) is 0. The fourth-order valence-corrected chi connectivity index (χ4v) is 6.94. The van der Waals surface area contributed by atoms with Gasteiger partial charge < -0.3 is 0 Å². The molecule has 0 heterocycles. The van der Waals surface area contributed by atoms with E-state index in [0.29, 0.717) is 4.51 Å². The quantitative estimate of drug-likeness (QED) is 0.665. The van der Waals surface area contributed by atoms with E-state index in [1.165, 1.54) is 25.7 Å². The molecule has 0 N–H and O–H groups in total. The van der Waals surface area contributed by atoms with Crippen LogP contribution in [0.15, 0.2) is 24.3 Å². The van der Waals surface area contributed by atoms with E-state index in [1.807, 2.05) is 0 Å². The van der Waals surface area contributed by atoms with Crippen molar-refractivity contribution in [1.29, 1.82) is 0 Å². The summed E-state index contributed by atoms with van der Waals surface area (Å²) in [4.78, 5) is 0. The number of halogens is 1. The first kappa shape index (κ1) is 8.97.